The minimum atomic E-state index is -0.436. The van der Waals surface area contributed by atoms with E-state index < -0.39 is 5.91 Å². The fourth-order valence-electron chi connectivity index (χ4n) is 2.71. The van der Waals surface area contributed by atoms with Crippen LogP contribution in [0.25, 0.3) is 0 Å². The molecule has 0 spiro atoms. The summed E-state index contributed by atoms with van der Waals surface area (Å²) in [4.78, 5) is 11.4. The monoisotopic (exact) mass is 247 g/mol. The van der Waals surface area contributed by atoms with Gasteiger partial charge in [-0.15, -0.1) is 0 Å². The summed E-state index contributed by atoms with van der Waals surface area (Å²) in [5.41, 5.74) is 13.1. The van der Waals surface area contributed by atoms with Crippen molar-refractivity contribution in [1.82, 2.24) is 0 Å². The Morgan fingerprint density at radius 2 is 2.17 bits per heavy atom. The number of carbonyl (C=O) groups excluding carboxylic acids is 1. The van der Waals surface area contributed by atoms with Crippen LogP contribution in [0.2, 0.25) is 0 Å². The van der Waals surface area contributed by atoms with Gasteiger partial charge in [-0.1, -0.05) is 25.8 Å². The zero-order valence-electron chi connectivity index (χ0n) is 10.8. The van der Waals surface area contributed by atoms with Crippen LogP contribution >= 0.6 is 0 Å². The maximum atomic E-state index is 11.4. The normalized spacial score (nSPS) is 23.6. The molecule has 0 heterocycles. The number of hydrogen-bond donors (Lipinski definition) is 3. The first-order valence-electron chi connectivity index (χ1n) is 6.52. The molecule has 18 heavy (non-hydrogen) atoms. The average Bonchev–Trinajstić information content (AvgIpc) is 2.31. The molecular weight excluding hydrogens is 226 g/mol. The smallest absolute Gasteiger partial charge is 0.250 e. The predicted octanol–water partition coefficient (Wildman–Crippen LogP) is 2.36. The van der Waals surface area contributed by atoms with Gasteiger partial charge in [-0.3, -0.25) is 4.79 Å². The van der Waals surface area contributed by atoms with Crippen LogP contribution in [0.4, 0.5) is 11.4 Å². The number of hydrogen-bond acceptors (Lipinski definition) is 3. The van der Waals surface area contributed by atoms with Gasteiger partial charge in [0, 0.05) is 6.04 Å². The fraction of sp³-hybridized carbons (Fsp3) is 0.500. The van der Waals surface area contributed by atoms with Gasteiger partial charge >= 0.3 is 0 Å². The molecule has 1 fully saturated rings. The molecule has 2 unspecified atom stereocenters. The number of nitrogens with two attached hydrogens (primary N) is 2. The van der Waals surface area contributed by atoms with E-state index in [1.807, 2.05) is 0 Å². The second kappa shape index (κ2) is 5.29. The third kappa shape index (κ3) is 2.75. The molecule has 4 nitrogen and oxygen atoms in total. The van der Waals surface area contributed by atoms with Gasteiger partial charge in [0.05, 0.1) is 16.9 Å². The quantitative estimate of drug-likeness (QED) is 0.717. The van der Waals surface area contributed by atoms with E-state index in [0.717, 1.165) is 18.8 Å². The maximum Gasteiger partial charge on any atom is 0.250 e. The molecule has 1 saturated carbocycles. The first kappa shape index (κ1) is 12.7. The Morgan fingerprint density at radius 1 is 1.39 bits per heavy atom. The number of primary amides is 1. The summed E-state index contributed by atoms with van der Waals surface area (Å²) in [5.74, 6) is 0.284. The number of rotatable bonds is 3. The predicted molar refractivity (Wildman–Crippen MR) is 74.4 cm³/mol. The molecule has 5 N–H and O–H groups in total. The second-order valence-corrected chi connectivity index (χ2v) is 5.25. The molecule has 0 aliphatic heterocycles. The molecule has 0 aromatic heterocycles. The van der Waals surface area contributed by atoms with Gasteiger partial charge in [-0.2, -0.15) is 0 Å². The second-order valence-electron chi connectivity index (χ2n) is 5.25. The van der Waals surface area contributed by atoms with E-state index >= 15 is 0 Å². The van der Waals surface area contributed by atoms with E-state index in [-0.39, 0.29) is 0 Å². The van der Waals surface area contributed by atoms with Crippen molar-refractivity contribution in [3.8, 4) is 0 Å². The van der Waals surface area contributed by atoms with Gasteiger partial charge in [0.2, 0.25) is 0 Å². The van der Waals surface area contributed by atoms with Crippen LogP contribution in [0, 0.1) is 5.92 Å². The van der Waals surface area contributed by atoms with Crippen LogP contribution in [-0.4, -0.2) is 11.9 Å². The first-order valence-corrected chi connectivity index (χ1v) is 6.52. The van der Waals surface area contributed by atoms with Crippen LogP contribution in [0.15, 0.2) is 18.2 Å². The molecule has 0 radical (unpaired) electrons. The highest BCUT2D eigenvalue weighted by Crippen LogP contribution is 2.30. The van der Waals surface area contributed by atoms with E-state index in [1.54, 1.807) is 18.2 Å². The molecule has 2 atom stereocenters. The number of para-hydroxylation sites is 1. The number of nitrogen functional groups attached to an aromatic ring is 1. The van der Waals surface area contributed by atoms with Crippen molar-refractivity contribution in [2.24, 2.45) is 11.7 Å². The van der Waals surface area contributed by atoms with Gasteiger partial charge in [0.25, 0.3) is 5.91 Å². The van der Waals surface area contributed by atoms with Gasteiger partial charge in [-0.25, -0.2) is 0 Å². The van der Waals surface area contributed by atoms with E-state index in [2.05, 4.69) is 12.2 Å². The lowest BCUT2D eigenvalue weighted by Crippen LogP contribution is -2.28. The van der Waals surface area contributed by atoms with Crippen molar-refractivity contribution in [2.75, 3.05) is 11.1 Å². The summed E-state index contributed by atoms with van der Waals surface area (Å²) < 4.78 is 0. The zero-order valence-corrected chi connectivity index (χ0v) is 10.8. The Kier molecular flexibility index (Phi) is 3.75. The molecule has 1 aliphatic rings. The van der Waals surface area contributed by atoms with E-state index in [4.69, 9.17) is 11.5 Å². The average molecular weight is 247 g/mol. The Labute approximate surface area is 108 Å². The van der Waals surface area contributed by atoms with Crippen molar-refractivity contribution in [3.63, 3.8) is 0 Å². The third-order valence-corrected chi connectivity index (χ3v) is 3.65. The summed E-state index contributed by atoms with van der Waals surface area (Å²) in [6, 6.07) is 5.65. The summed E-state index contributed by atoms with van der Waals surface area (Å²) in [6.07, 6.45) is 4.74. The van der Waals surface area contributed by atoms with Crippen LogP contribution < -0.4 is 16.8 Å². The lowest BCUT2D eigenvalue weighted by molar-refractivity contribution is 0.100. The molecular formula is C14H21N3O. The lowest BCUT2D eigenvalue weighted by Gasteiger charge is -2.29. The highest BCUT2D eigenvalue weighted by Gasteiger charge is 2.21. The van der Waals surface area contributed by atoms with Crippen LogP contribution in [-0.2, 0) is 0 Å². The van der Waals surface area contributed by atoms with Gasteiger partial charge in [-0.05, 0) is 30.9 Å². The van der Waals surface area contributed by atoms with Crippen molar-refractivity contribution >= 4 is 17.3 Å². The Hall–Kier alpha value is -1.71. The molecule has 2 rings (SSSR count). The van der Waals surface area contributed by atoms with Crippen molar-refractivity contribution in [2.45, 2.75) is 38.6 Å². The van der Waals surface area contributed by atoms with Crippen molar-refractivity contribution in [3.05, 3.63) is 23.8 Å². The molecule has 4 heteroatoms. The van der Waals surface area contributed by atoms with Gasteiger partial charge in [0.15, 0.2) is 0 Å². The van der Waals surface area contributed by atoms with Gasteiger partial charge in [0.1, 0.15) is 0 Å². The van der Waals surface area contributed by atoms with Crippen molar-refractivity contribution in [1.29, 1.82) is 0 Å². The number of amides is 1. The first-order chi connectivity index (χ1) is 8.58. The van der Waals surface area contributed by atoms with E-state index in [1.165, 1.54) is 12.8 Å². The summed E-state index contributed by atoms with van der Waals surface area (Å²) in [7, 11) is 0. The standard InChI is InChI=1S/C14H21N3O/c1-9-4-2-5-10(8-9)17-13-11(14(16)18)6-3-7-12(13)15/h3,6-7,9-10,17H,2,4-5,8,15H2,1H3,(H2,16,18). The molecule has 1 amide bonds. The molecule has 0 saturated heterocycles. The highest BCUT2D eigenvalue weighted by atomic mass is 16.1. The van der Waals surface area contributed by atoms with Crippen LogP contribution in [0.1, 0.15) is 43.0 Å². The molecule has 1 aliphatic carbocycles. The third-order valence-electron chi connectivity index (χ3n) is 3.65. The topological polar surface area (TPSA) is 81.1 Å². The minimum absolute atomic E-state index is 0.386. The minimum Gasteiger partial charge on any atom is -0.397 e. The summed E-state index contributed by atoms with van der Waals surface area (Å²) in [5, 5.41) is 3.40. The largest absolute Gasteiger partial charge is 0.397 e. The number of anilines is 2. The van der Waals surface area contributed by atoms with E-state index in [0.29, 0.717) is 23.0 Å². The Bertz CT molecular complexity index is 445. The zero-order chi connectivity index (χ0) is 13.1. The van der Waals surface area contributed by atoms with Gasteiger partial charge < -0.3 is 16.8 Å². The molecule has 1 aromatic rings. The SMILES string of the molecule is CC1CCCC(Nc2c(N)cccc2C(N)=O)C1. The highest BCUT2D eigenvalue weighted by molar-refractivity contribution is 6.01. The molecule has 0 bridgehead atoms. The Morgan fingerprint density at radius 3 is 2.83 bits per heavy atom. The maximum absolute atomic E-state index is 11.4. The van der Waals surface area contributed by atoms with Crippen LogP contribution in [0.3, 0.4) is 0 Å². The van der Waals surface area contributed by atoms with Crippen LogP contribution in [0.5, 0.6) is 0 Å². The lowest BCUT2D eigenvalue weighted by atomic mass is 9.87. The number of nitrogens with one attached hydrogen (secondary N) is 1. The Balaban J connectivity index is 2.20. The summed E-state index contributed by atoms with van der Waals surface area (Å²) >= 11 is 0. The van der Waals surface area contributed by atoms with E-state index in [9.17, 15) is 4.79 Å². The van der Waals surface area contributed by atoms with Crippen molar-refractivity contribution < 1.29 is 4.79 Å². The summed E-state index contributed by atoms with van der Waals surface area (Å²) in [6.45, 7) is 2.26. The molecule has 98 valence electrons. The number of carbonyl (C=O) groups is 1. The molecule has 1 aromatic carbocycles. The fourth-order valence-corrected chi connectivity index (χ4v) is 2.71. The number of benzene rings is 1.